The molecule has 0 spiro atoms. The molecule has 1 aromatic carbocycles. The van der Waals surface area contributed by atoms with Gasteiger partial charge >= 0.3 is 0 Å². The van der Waals surface area contributed by atoms with Gasteiger partial charge < -0.3 is 5.32 Å². The number of amides is 1. The van der Waals surface area contributed by atoms with Gasteiger partial charge in [-0.1, -0.05) is 4.48 Å². The van der Waals surface area contributed by atoms with Crippen LogP contribution >= 0.6 is 22.6 Å². The second kappa shape index (κ2) is 5.99. The van der Waals surface area contributed by atoms with Crippen molar-refractivity contribution in [2.75, 3.05) is 6.54 Å². The van der Waals surface area contributed by atoms with Crippen LogP contribution in [0.25, 0.3) is 0 Å². The van der Waals surface area contributed by atoms with E-state index < -0.39 is 23.5 Å². The van der Waals surface area contributed by atoms with Crippen LogP contribution in [-0.4, -0.2) is 29.2 Å². The summed E-state index contributed by atoms with van der Waals surface area (Å²) >= 11 is 1.94. The molecule has 2 heterocycles. The number of ketones is 1. The Labute approximate surface area is 144 Å². The number of Topliss-reactive ketones (excluding diaryl/α,β-unsaturated/α-hetero) is 1. The third-order valence-electron chi connectivity index (χ3n) is 3.76. The fraction of sp³-hybridized carbons (Fsp3) is 0.267. The fourth-order valence-corrected chi connectivity index (χ4v) is 3.02. The standard InChI is InChI=1S/C15H12F2IN3O2/c1-7-13-12(11(22)4-5-19-13)14(21(17)15(7)23)20-10-3-2-8(18)6-9(10)16/h2-3,6-7,19H,4-5H2,1H3. The topological polar surface area (TPSA) is 61.8 Å². The van der Waals surface area contributed by atoms with E-state index in [2.05, 4.69) is 10.3 Å². The molecule has 5 nitrogen and oxygen atoms in total. The van der Waals surface area contributed by atoms with E-state index in [0.717, 1.165) is 0 Å². The Kier molecular flexibility index (Phi) is 4.17. The van der Waals surface area contributed by atoms with Crippen molar-refractivity contribution in [3.05, 3.63) is 38.9 Å². The average Bonchev–Trinajstić information content (AvgIpc) is 2.51. The molecule has 1 N–H and O–H groups in total. The number of hydrogen-bond donors (Lipinski definition) is 1. The number of aliphatic imine (C=N–C) groups is 1. The molecule has 23 heavy (non-hydrogen) atoms. The summed E-state index contributed by atoms with van der Waals surface area (Å²) in [6.45, 7) is 1.89. The molecule has 2 aliphatic heterocycles. The second-order valence-corrected chi connectivity index (χ2v) is 6.51. The number of nitrogens with one attached hydrogen (secondary N) is 1. The van der Waals surface area contributed by atoms with E-state index in [1.165, 1.54) is 19.1 Å². The third kappa shape index (κ3) is 2.75. The molecule has 120 valence electrons. The molecule has 0 saturated carbocycles. The van der Waals surface area contributed by atoms with Crippen molar-refractivity contribution >= 4 is 45.8 Å². The molecule has 2 aliphatic rings. The van der Waals surface area contributed by atoms with Crippen molar-refractivity contribution in [3.8, 4) is 0 Å². The summed E-state index contributed by atoms with van der Waals surface area (Å²) in [6, 6.07) is 4.22. The minimum Gasteiger partial charge on any atom is -0.387 e. The molecular formula is C15H12F2IN3O2. The predicted molar refractivity (Wildman–Crippen MR) is 88.0 cm³/mol. The Morgan fingerprint density at radius 2 is 2.13 bits per heavy atom. The number of nitrogens with zero attached hydrogens (tertiary/aromatic N) is 2. The van der Waals surface area contributed by atoms with Gasteiger partial charge in [-0.15, -0.1) is 5.12 Å². The summed E-state index contributed by atoms with van der Waals surface area (Å²) in [7, 11) is 0. The van der Waals surface area contributed by atoms with Crippen LogP contribution in [0.3, 0.4) is 0 Å². The van der Waals surface area contributed by atoms with Crippen molar-refractivity contribution < 1.29 is 18.5 Å². The zero-order valence-electron chi connectivity index (χ0n) is 12.1. The van der Waals surface area contributed by atoms with Crippen molar-refractivity contribution in [3.63, 3.8) is 0 Å². The molecule has 0 aliphatic carbocycles. The molecule has 1 amide bonds. The van der Waals surface area contributed by atoms with Gasteiger partial charge in [0.1, 0.15) is 11.5 Å². The van der Waals surface area contributed by atoms with Gasteiger partial charge in [-0.25, -0.2) is 9.38 Å². The van der Waals surface area contributed by atoms with Gasteiger partial charge in [0.25, 0.3) is 5.91 Å². The first-order valence-electron chi connectivity index (χ1n) is 6.95. The third-order valence-corrected chi connectivity index (χ3v) is 4.43. The van der Waals surface area contributed by atoms with Crippen LogP contribution in [0.15, 0.2) is 34.5 Å². The Hall–Kier alpha value is -1.84. The summed E-state index contributed by atoms with van der Waals surface area (Å²) < 4.78 is 29.0. The van der Waals surface area contributed by atoms with Gasteiger partial charge in [0.05, 0.1) is 11.5 Å². The fourth-order valence-electron chi connectivity index (χ4n) is 2.57. The van der Waals surface area contributed by atoms with Gasteiger partial charge in [-0.05, 0) is 47.7 Å². The first-order chi connectivity index (χ1) is 10.9. The molecule has 0 radical (unpaired) electrons. The largest absolute Gasteiger partial charge is 0.387 e. The zero-order chi connectivity index (χ0) is 16.7. The van der Waals surface area contributed by atoms with Crippen LogP contribution in [0, 0.1) is 15.3 Å². The number of carbonyl (C=O) groups is 2. The highest BCUT2D eigenvalue weighted by molar-refractivity contribution is 14.1. The van der Waals surface area contributed by atoms with E-state index >= 15 is 0 Å². The lowest BCUT2D eigenvalue weighted by Gasteiger charge is -2.32. The molecule has 0 fully saturated rings. The quantitative estimate of drug-likeness (QED) is 0.550. The lowest BCUT2D eigenvalue weighted by atomic mass is 9.90. The summed E-state index contributed by atoms with van der Waals surface area (Å²) in [4.78, 5) is 28.1. The Bertz CT molecular complexity index is 776. The van der Waals surface area contributed by atoms with E-state index in [-0.39, 0.29) is 28.6 Å². The lowest BCUT2D eigenvalue weighted by molar-refractivity contribution is -0.141. The van der Waals surface area contributed by atoms with Crippen LogP contribution < -0.4 is 5.32 Å². The highest BCUT2D eigenvalue weighted by Gasteiger charge is 2.42. The monoisotopic (exact) mass is 431 g/mol. The molecule has 1 atom stereocenters. The van der Waals surface area contributed by atoms with Crippen LogP contribution in [0.2, 0.25) is 0 Å². The van der Waals surface area contributed by atoms with Crippen molar-refractivity contribution in [1.82, 2.24) is 10.4 Å². The van der Waals surface area contributed by atoms with Crippen molar-refractivity contribution in [2.24, 2.45) is 10.9 Å². The van der Waals surface area contributed by atoms with E-state index in [0.29, 0.717) is 15.8 Å². The van der Waals surface area contributed by atoms with Gasteiger partial charge in [0.2, 0.25) is 0 Å². The molecule has 8 heteroatoms. The Balaban J connectivity index is 2.18. The predicted octanol–water partition coefficient (Wildman–Crippen LogP) is 2.64. The maximum atomic E-state index is 14.3. The van der Waals surface area contributed by atoms with E-state index in [9.17, 15) is 18.5 Å². The molecule has 3 rings (SSSR count). The summed E-state index contributed by atoms with van der Waals surface area (Å²) in [6.07, 6.45) is 0.168. The molecule has 0 aromatic heterocycles. The molecule has 0 bridgehead atoms. The number of benzene rings is 1. The lowest BCUT2D eigenvalue weighted by Crippen LogP contribution is -2.48. The number of amidine groups is 1. The maximum absolute atomic E-state index is 14.3. The highest BCUT2D eigenvalue weighted by atomic mass is 127. The van der Waals surface area contributed by atoms with Crippen LogP contribution in [0.5, 0.6) is 0 Å². The van der Waals surface area contributed by atoms with Crippen LogP contribution in [0.4, 0.5) is 14.6 Å². The number of carbonyl (C=O) groups excluding carboxylic acids is 2. The normalized spacial score (nSPS) is 23.2. The minimum atomic E-state index is -0.837. The van der Waals surface area contributed by atoms with Crippen LogP contribution in [0.1, 0.15) is 13.3 Å². The zero-order valence-corrected chi connectivity index (χ0v) is 14.2. The van der Waals surface area contributed by atoms with E-state index in [1.807, 2.05) is 22.6 Å². The maximum Gasteiger partial charge on any atom is 0.265 e. The first-order valence-corrected chi connectivity index (χ1v) is 8.03. The summed E-state index contributed by atoms with van der Waals surface area (Å²) in [5.41, 5.74) is 0.240. The van der Waals surface area contributed by atoms with Crippen molar-refractivity contribution in [2.45, 2.75) is 13.3 Å². The highest BCUT2D eigenvalue weighted by Crippen LogP contribution is 2.31. The Morgan fingerprint density at radius 1 is 1.39 bits per heavy atom. The van der Waals surface area contributed by atoms with Gasteiger partial charge in [-0.3, -0.25) is 9.59 Å². The molecule has 1 aromatic rings. The van der Waals surface area contributed by atoms with E-state index in [1.54, 1.807) is 6.07 Å². The number of rotatable bonds is 1. The Morgan fingerprint density at radius 3 is 2.83 bits per heavy atom. The first kappa shape index (κ1) is 16.0. The minimum absolute atomic E-state index is 0.0174. The van der Waals surface area contributed by atoms with Gasteiger partial charge in [0, 0.05) is 22.2 Å². The molecule has 1 unspecified atom stereocenters. The SMILES string of the molecule is CC1C(=O)N(F)C(=Nc2ccc(I)cc2F)C2=C1NCCC2=O. The van der Waals surface area contributed by atoms with Gasteiger partial charge in [0.15, 0.2) is 11.6 Å². The molecular weight excluding hydrogens is 419 g/mol. The second-order valence-electron chi connectivity index (χ2n) is 5.26. The van der Waals surface area contributed by atoms with Gasteiger partial charge in [-0.2, -0.15) is 0 Å². The smallest absolute Gasteiger partial charge is 0.265 e. The summed E-state index contributed by atoms with van der Waals surface area (Å²) in [5, 5.41) is 2.80. The average molecular weight is 431 g/mol. The van der Waals surface area contributed by atoms with Crippen molar-refractivity contribution in [1.29, 1.82) is 0 Å². The van der Waals surface area contributed by atoms with E-state index in [4.69, 9.17) is 0 Å². The molecule has 0 saturated heterocycles. The summed E-state index contributed by atoms with van der Waals surface area (Å²) in [5.74, 6) is -3.07. The number of halogens is 3. The van der Waals surface area contributed by atoms with Crippen LogP contribution in [-0.2, 0) is 9.59 Å². The number of hydrogen-bond acceptors (Lipinski definition) is 4.